The fraction of sp³-hybridized carbons (Fsp3) is 0.300. The number of nitrogens with zero attached hydrogens (tertiary/aromatic N) is 1. The van der Waals surface area contributed by atoms with E-state index in [9.17, 15) is 21.6 Å². The van der Waals surface area contributed by atoms with Gasteiger partial charge in [0, 0.05) is 0 Å². The van der Waals surface area contributed by atoms with Crippen LogP contribution >= 0.6 is 10.9 Å². The highest BCUT2D eigenvalue weighted by Gasteiger charge is 2.31. The molecule has 0 aliphatic carbocycles. The molecule has 0 atom stereocenters. The van der Waals surface area contributed by atoms with E-state index >= 15 is 0 Å². The number of alkyl halides is 3. The summed E-state index contributed by atoms with van der Waals surface area (Å²) in [7, 11) is -4.73. The van der Waals surface area contributed by atoms with Crippen LogP contribution in [0.25, 0.3) is 0 Å². The summed E-state index contributed by atoms with van der Waals surface area (Å²) in [6.07, 6.45) is -1.02. The van der Waals surface area contributed by atoms with E-state index in [0.717, 1.165) is 18.2 Å². The summed E-state index contributed by atoms with van der Waals surface area (Å²) < 4.78 is 64.0. The molecule has 8 heteroatoms. The standard InChI is InChI=1S/C10H12F3NO2S2/c1-17(2)7-14-18(15,16)9-5-3-4-8(6-9)10(11,12)13/h3-7,17H,1-2H3. The first-order valence-electron chi connectivity index (χ1n) is 4.77. The predicted octanol–water partition coefficient (Wildman–Crippen LogP) is 2.68. The van der Waals surface area contributed by atoms with Gasteiger partial charge in [0.15, 0.2) is 0 Å². The molecular formula is C10H12F3NO2S2. The molecule has 1 rings (SSSR count). The quantitative estimate of drug-likeness (QED) is 0.530. The van der Waals surface area contributed by atoms with Crippen LogP contribution in [-0.2, 0) is 16.2 Å². The van der Waals surface area contributed by atoms with Crippen molar-refractivity contribution in [3.8, 4) is 0 Å². The van der Waals surface area contributed by atoms with E-state index in [4.69, 9.17) is 0 Å². The molecule has 0 heterocycles. The third-order valence-electron chi connectivity index (χ3n) is 1.88. The second kappa shape index (κ2) is 5.31. The third kappa shape index (κ3) is 4.02. The maximum atomic E-state index is 12.4. The first-order valence-corrected chi connectivity index (χ1v) is 8.51. The average Bonchev–Trinajstić information content (AvgIpc) is 2.26. The van der Waals surface area contributed by atoms with Crippen molar-refractivity contribution in [1.82, 2.24) is 0 Å². The zero-order chi connectivity index (χ0) is 14.0. The molecule has 0 radical (unpaired) electrons. The minimum Gasteiger partial charge on any atom is -0.222 e. The van der Waals surface area contributed by atoms with Gasteiger partial charge < -0.3 is 0 Å². The fourth-order valence-electron chi connectivity index (χ4n) is 1.05. The largest absolute Gasteiger partial charge is 0.416 e. The van der Waals surface area contributed by atoms with Crippen LogP contribution in [-0.4, -0.2) is 26.5 Å². The highest BCUT2D eigenvalue weighted by atomic mass is 32.2. The molecule has 18 heavy (non-hydrogen) atoms. The van der Waals surface area contributed by atoms with Gasteiger partial charge in [-0.15, -0.1) is 0 Å². The lowest BCUT2D eigenvalue weighted by Gasteiger charge is -2.07. The van der Waals surface area contributed by atoms with E-state index in [2.05, 4.69) is 4.40 Å². The number of hydrogen-bond acceptors (Lipinski definition) is 2. The molecule has 0 aliphatic rings. The summed E-state index contributed by atoms with van der Waals surface area (Å²) >= 11 is 0. The van der Waals surface area contributed by atoms with Gasteiger partial charge in [0.2, 0.25) is 0 Å². The van der Waals surface area contributed by atoms with E-state index < -0.39 is 37.6 Å². The van der Waals surface area contributed by atoms with Gasteiger partial charge in [0.25, 0.3) is 10.0 Å². The molecule has 3 nitrogen and oxygen atoms in total. The first kappa shape index (κ1) is 15.0. The lowest BCUT2D eigenvalue weighted by Crippen LogP contribution is -2.06. The van der Waals surface area contributed by atoms with Crippen LogP contribution in [0.3, 0.4) is 0 Å². The Kier molecular flexibility index (Phi) is 4.44. The summed E-state index contributed by atoms with van der Waals surface area (Å²) in [6.45, 7) is 0. The molecule has 0 amide bonds. The van der Waals surface area contributed by atoms with Gasteiger partial charge in [-0.3, -0.25) is 0 Å². The molecule has 0 unspecified atom stereocenters. The molecule has 0 bridgehead atoms. The fourth-order valence-corrected chi connectivity index (χ4v) is 2.95. The van der Waals surface area contributed by atoms with Gasteiger partial charge in [0.05, 0.1) is 16.0 Å². The second-order valence-electron chi connectivity index (χ2n) is 3.69. The maximum absolute atomic E-state index is 12.4. The Morgan fingerprint density at radius 1 is 1.28 bits per heavy atom. The molecule has 0 aromatic heterocycles. The topological polar surface area (TPSA) is 46.5 Å². The number of thiol groups is 1. The summed E-state index contributed by atoms with van der Waals surface area (Å²) in [5.74, 6) is 0. The van der Waals surface area contributed by atoms with Crippen LogP contribution in [0.1, 0.15) is 5.56 Å². The molecule has 0 N–H and O–H groups in total. The highest BCUT2D eigenvalue weighted by molar-refractivity contribution is 8.27. The maximum Gasteiger partial charge on any atom is 0.416 e. The van der Waals surface area contributed by atoms with Crippen molar-refractivity contribution in [2.45, 2.75) is 11.1 Å². The van der Waals surface area contributed by atoms with Gasteiger partial charge in [-0.05, 0) is 30.7 Å². The van der Waals surface area contributed by atoms with Gasteiger partial charge >= 0.3 is 6.18 Å². The van der Waals surface area contributed by atoms with Gasteiger partial charge in [-0.25, -0.2) is 10.9 Å². The van der Waals surface area contributed by atoms with Crippen LogP contribution < -0.4 is 0 Å². The van der Waals surface area contributed by atoms with Crippen LogP contribution in [0, 0.1) is 0 Å². The van der Waals surface area contributed by atoms with E-state index in [1.54, 1.807) is 12.5 Å². The lowest BCUT2D eigenvalue weighted by atomic mass is 10.2. The van der Waals surface area contributed by atoms with Crippen molar-refractivity contribution in [1.29, 1.82) is 0 Å². The molecule has 0 spiro atoms. The first-order chi connectivity index (χ1) is 8.13. The van der Waals surface area contributed by atoms with Crippen molar-refractivity contribution in [3.63, 3.8) is 0 Å². The van der Waals surface area contributed by atoms with Gasteiger partial charge in [-0.1, -0.05) is 6.07 Å². The van der Waals surface area contributed by atoms with Crippen LogP contribution in [0.4, 0.5) is 13.2 Å². The minimum absolute atomic E-state index is 0.453. The summed E-state index contributed by atoms with van der Waals surface area (Å²) in [5, 5.41) is 0. The van der Waals surface area contributed by atoms with Crippen molar-refractivity contribution >= 4 is 26.5 Å². The number of halogens is 3. The second-order valence-corrected chi connectivity index (χ2v) is 7.48. The Morgan fingerprint density at radius 2 is 1.89 bits per heavy atom. The van der Waals surface area contributed by atoms with Gasteiger partial charge in [-0.2, -0.15) is 26.0 Å². The minimum atomic E-state index is -4.57. The van der Waals surface area contributed by atoms with Crippen LogP contribution in [0.5, 0.6) is 0 Å². The summed E-state index contributed by atoms with van der Waals surface area (Å²) in [6, 6.07) is 3.54. The molecule has 0 fully saturated rings. The Bertz CT molecular complexity index is 550. The third-order valence-corrected chi connectivity index (χ3v) is 3.84. The molecule has 0 saturated heterocycles. The van der Waals surface area contributed by atoms with Crippen molar-refractivity contribution in [2.24, 2.45) is 4.40 Å². The number of rotatable bonds is 3. The van der Waals surface area contributed by atoms with Crippen LogP contribution in [0.2, 0.25) is 0 Å². The zero-order valence-corrected chi connectivity index (χ0v) is 11.4. The van der Waals surface area contributed by atoms with E-state index in [1.807, 2.05) is 0 Å². The number of hydrogen-bond donors (Lipinski definition) is 1. The van der Waals surface area contributed by atoms with E-state index in [1.165, 1.54) is 5.55 Å². The summed E-state index contributed by atoms with van der Waals surface area (Å²) in [4.78, 5) is -0.453. The Morgan fingerprint density at radius 3 is 2.39 bits per heavy atom. The monoisotopic (exact) mass is 299 g/mol. The van der Waals surface area contributed by atoms with Crippen molar-refractivity contribution < 1.29 is 21.6 Å². The SMILES string of the molecule is C[SH](C)C=NS(=O)(=O)c1cccc(C(F)(F)F)c1. The number of benzene rings is 1. The predicted molar refractivity (Wildman–Crippen MR) is 68.0 cm³/mol. The van der Waals surface area contributed by atoms with Crippen molar-refractivity contribution in [3.05, 3.63) is 29.8 Å². The lowest BCUT2D eigenvalue weighted by molar-refractivity contribution is -0.137. The van der Waals surface area contributed by atoms with Crippen molar-refractivity contribution in [2.75, 3.05) is 12.5 Å². The normalized spacial score (nSPS) is 13.9. The van der Waals surface area contributed by atoms with Crippen LogP contribution in [0.15, 0.2) is 33.6 Å². The van der Waals surface area contributed by atoms with Gasteiger partial charge in [0.1, 0.15) is 0 Å². The zero-order valence-electron chi connectivity index (χ0n) is 9.64. The Labute approximate surface area is 106 Å². The smallest absolute Gasteiger partial charge is 0.222 e. The number of sulfonamides is 1. The molecule has 0 aliphatic heterocycles. The Balaban J connectivity index is 3.19. The molecule has 102 valence electrons. The Hall–Kier alpha value is -1.02. The molecule has 1 aromatic rings. The van der Waals surface area contributed by atoms with E-state index in [-0.39, 0.29) is 0 Å². The average molecular weight is 299 g/mol. The van der Waals surface area contributed by atoms with E-state index in [0.29, 0.717) is 6.07 Å². The highest BCUT2D eigenvalue weighted by Crippen LogP contribution is 2.30. The summed E-state index contributed by atoms with van der Waals surface area (Å²) in [5.41, 5.74) is 0.235. The molecule has 1 aromatic carbocycles. The molecule has 0 saturated carbocycles. The molecular weight excluding hydrogens is 287 g/mol.